The van der Waals surface area contributed by atoms with Crippen molar-refractivity contribution in [2.75, 3.05) is 6.61 Å². The van der Waals surface area contributed by atoms with Crippen LogP contribution in [0.3, 0.4) is 0 Å². The van der Waals surface area contributed by atoms with Gasteiger partial charge in [-0.05, 0) is 31.0 Å². The molecular weight excluding hydrogens is 378 g/mol. The van der Waals surface area contributed by atoms with Crippen LogP contribution in [0, 0.1) is 6.92 Å². The quantitative estimate of drug-likeness (QED) is 0.519. The number of ether oxygens (including phenoxy) is 1. The van der Waals surface area contributed by atoms with Gasteiger partial charge in [0.2, 0.25) is 0 Å². The number of benzene rings is 1. The Labute approximate surface area is 166 Å². The molecule has 29 heavy (non-hydrogen) atoms. The van der Waals surface area contributed by atoms with Gasteiger partial charge >= 0.3 is 11.6 Å². The van der Waals surface area contributed by atoms with Gasteiger partial charge in [0.15, 0.2) is 0 Å². The van der Waals surface area contributed by atoms with E-state index in [4.69, 9.17) is 14.3 Å². The molecule has 2 N–H and O–H groups in total. The molecule has 0 bridgehead atoms. The van der Waals surface area contributed by atoms with Crippen molar-refractivity contribution >= 4 is 16.9 Å². The molecule has 0 aliphatic heterocycles. The smallest absolute Gasteiger partial charge is 0.339 e. The van der Waals surface area contributed by atoms with Crippen LogP contribution in [-0.4, -0.2) is 43.9 Å². The van der Waals surface area contributed by atoms with Gasteiger partial charge in [0.1, 0.15) is 24.0 Å². The Morgan fingerprint density at radius 1 is 1.38 bits per heavy atom. The number of nitrogens with zero attached hydrogens (tertiary/aromatic N) is 3. The van der Waals surface area contributed by atoms with E-state index in [9.17, 15) is 14.7 Å². The number of carboxylic acid groups (broad SMARTS) is 1. The summed E-state index contributed by atoms with van der Waals surface area (Å²) in [5.74, 6) is -0.426. The lowest BCUT2D eigenvalue weighted by Gasteiger charge is -2.13. The molecule has 0 saturated heterocycles. The SMILES string of the molecule is CCc1c(C)c2ccc(OCC(O)Cn3cc(CCC(=O)O)nn3)cc2oc1=O. The van der Waals surface area contributed by atoms with Crippen LogP contribution in [0.5, 0.6) is 5.75 Å². The highest BCUT2D eigenvalue weighted by atomic mass is 16.5. The van der Waals surface area contributed by atoms with E-state index in [1.54, 1.807) is 18.3 Å². The molecule has 0 radical (unpaired) electrons. The highest BCUT2D eigenvalue weighted by Crippen LogP contribution is 2.24. The fourth-order valence-corrected chi connectivity index (χ4v) is 3.11. The lowest BCUT2D eigenvalue weighted by atomic mass is 10.0. The van der Waals surface area contributed by atoms with Gasteiger partial charge in [-0.3, -0.25) is 4.79 Å². The first-order chi connectivity index (χ1) is 13.9. The van der Waals surface area contributed by atoms with Crippen molar-refractivity contribution < 1.29 is 24.2 Å². The van der Waals surface area contributed by atoms with Crippen LogP contribution in [0.1, 0.15) is 30.2 Å². The van der Waals surface area contributed by atoms with Gasteiger partial charge in [0.05, 0.1) is 18.7 Å². The summed E-state index contributed by atoms with van der Waals surface area (Å²) in [7, 11) is 0. The largest absolute Gasteiger partial charge is 0.491 e. The summed E-state index contributed by atoms with van der Waals surface area (Å²) in [5.41, 5.74) is 2.20. The molecule has 0 aliphatic rings. The van der Waals surface area contributed by atoms with Crippen molar-refractivity contribution in [1.82, 2.24) is 15.0 Å². The van der Waals surface area contributed by atoms with Gasteiger partial charge in [-0.25, -0.2) is 9.48 Å². The maximum atomic E-state index is 12.1. The number of carboxylic acids is 1. The second-order valence-electron chi connectivity index (χ2n) is 6.80. The highest BCUT2D eigenvalue weighted by molar-refractivity contribution is 5.82. The van der Waals surface area contributed by atoms with Gasteiger partial charge in [-0.15, -0.1) is 5.10 Å². The minimum absolute atomic E-state index is 0.00604. The fraction of sp³-hybridized carbons (Fsp3) is 0.400. The second kappa shape index (κ2) is 8.87. The molecular formula is C20H23N3O6. The zero-order chi connectivity index (χ0) is 21.0. The summed E-state index contributed by atoms with van der Waals surface area (Å²) in [5, 5.41) is 27.5. The third kappa shape index (κ3) is 5.00. The predicted octanol–water partition coefficient (Wildman–Crippen LogP) is 1.71. The maximum Gasteiger partial charge on any atom is 0.339 e. The molecule has 1 aromatic carbocycles. The van der Waals surface area contributed by atoms with Gasteiger partial charge in [-0.1, -0.05) is 12.1 Å². The molecule has 9 heteroatoms. The third-order valence-electron chi connectivity index (χ3n) is 4.63. The molecule has 0 amide bonds. The number of aliphatic hydroxyl groups excluding tert-OH is 1. The predicted molar refractivity (Wildman–Crippen MR) is 104 cm³/mol. The number of rotatable bonds is 9. The lowest BCUT2D eigenvalue weighted by molar-refractivity contribution is -0.136. The Balaban J connectivity index is 1.61. The van der Waals surface area contributed by atoms with Crippen LogP contribution < -0.4 is 10.4 Å². The first-order valence-electron chi connectivity index (χ1n) is 9.35. The summed E-state index contributed by atoms with van der Waals surface area (Å²) in [4.78, 5) is 22.6. The average Bonchev–Trinajstić information content (AvgIpc) is 3.12. The molecule has 0 saturated carbocycles. The van der Waals surface area contributed by atoms with Gasteiger partial charge < -0.3 is 19.4 Å². The normalized spacial score (nSPS) is 12.2. The lowest BCUT2D eigenvalue weighted by Crippen LogP contribution is -2.24. The van der Waals surface area contributed by atoms with Crippen LogP contribution in [0.15, 0.2) is 33.6 Å². The van der Waals surface area contributed by atoms with Crippen LogP contribution >= 0.6 is 0 Å². The third-order valence-corrected chi connectivity index (χ3v) is 4.63. The van der Waals surface area contributed by atoms with E-state index in [-0.39, 0.29) is 31.6 Å². The molecule has 3 aromatic rings. The van der Waals surface area contributed by atoms with Crippen molar-refractivity contribution in [3.8, 4) is 5.75 Å². The molecule has 0 aliphatic carbocycles. The molecule has 2 heterocycles. The minimum atomic E-state index is -0.902. The number of aliphatic hydroxyl groups is 1. The molecule has 9 nitrogen and oxygen atoms in total. The summed E-state index contributed by atoms with van der Waals surface area (Å²) < 4.78 is 12.5. The number of aromatic nitrogens is 3. The van der Waals surface area contributed by atoms with Crippen molar-refractivity contribution in [2.45, 2.75) is 45.8 Å². The molecule has 1 atom stereocenters. The number of aryl methyl sites for hydroxylation is 2. The Morgan fingerprint density at radius 2 is 2.17 bits per heavy atom. The zero-order valence-electron chi connectivity index (χ0n) is 16.3. The van der Waals surface area contributed by atoms with Crippen LogP contribution in [0.2, 0.25) is 0 Å². The van der Waals surface area contributed by atoms with E-state index >= 15 is 0 Å². The number of hydrogen-bond donors (Lipinski definition) is 2. The van der Waals surface area contributed by atoms with Gasteiger partial charge in [0.25, 0.3) is 0 Å². The average molecular weight is 401 g/mol. The second-order valence-corrected chi connectivity index (χ2v) is 6.80. The van der Waals surface area contributed by atoms with E-state index in [2.05, 4.69) is 10.3 Å². The van der Waals surface area contributed by atoms with Crippen molar-refractivity contribution in [3.05, 3.63) is 51.6 Å². The first-order valence-corrected chi connectivity index (χ1v) is 9.35. The number of carbonyl (C=O) groups is 1. The van der Waals surface area contributed by atoms with E-state index < -0.39 is 12.1 Å². The number of hydrogen-bond acceptors (Lipinski definition) is 7. The first kappa shape index (κ1) is 20.5. The van der Waals surface area contributed by atoms with Crippen molar-refractivity contribution in [1.29, 1.82) is 0 Å². The topological polar surface area (TPSA) is 128 Å². The van der Waals surface area contributed by atoms with E-state index in [0.29, 0.717) is 29.0 Å². The van der Waals surface area contributed by atoms with Crippen LogP contribution in [0.25, 0.3) is 11.0 Å². The zero-order valence-corrected chi connectivity index (χ0v) is 16.3. The summed E-state index contributed by atoms with van der Waals surface area (Å²) in [6.07, 6.45) is 1.61. The Hall–Kier alpha value is -3.20. The van der Waals surface area contributed by atoms with E-state index in [1.165, 1.54) is 4.68 Å². The summed E-state index contributed by atoms with van der Waals surface area (Å²) in [6, 6.07) is 5.23. The number of fused-ring (bicyclic) bond motifs is 1. The van der Waals surface area contributed by atoms with Gasteiger partial charge in [0, 0.05) is 29.6 Å². The molecule has 0 spiro atoms. The van der Waals surface area contributed by atoms with E-state index in [1.807, 2.05) is 19.9 Å². The van der Waals surface area contributed by atoms with Crippen LogP contribution in [0.4, 0.5) is 0 Å². The fourth-order valence-electron chi connectivity index (χ4n) is 3.11. The van der Waals surface area contributed by atoms with Crippen molar-refractivity contribution in [2.24, 2.45) is 0 Å². The minimum Gasteiger partial charge on any atom is -0.491 e. The Bertz CT molecular complexity index is 1070. The van der Waals surface area contributed by atoms with Crippen LogP contribution in [-0.2, 0) is 24.2 Å². The maximum absolute atomic E-state index is 12.1. The molecule has 2 aromatic heterocycles. The Morgan fingerprint density at radius 3 is 2.90 bits per heavy atom. The van der Waals surface area contributed by atoms with Crippen molar-refractivity contribution in [3.63, 3.8) is 0 Å². The van der Waals surface area contributed by atoms with E-state index in [0.717, 1.165) is 10.9 Å². The molecule has 1 unspecified atom stereocenters. The monoisotopic (exact) mass is 401 g/mol. The molecule has 154 valence electrons. The standard InChI is InChI=1S/C20H23N3O6/c1-3-16-12(2)17-6-5-15(8-18(17)29-20(16)27)28-11-14(24)10-23-9-13(21-22-23)4-7-19(25)26/h5-6,8-9,14,24H,3-4,7,10-11H2,1-2H3,(H,25,26). The molecule has 0 fully saturated rings. The highest BCUT2D eigenvalue weighted by Gasteiger charge is 2.13. The Kier molecular flexibility index (Phi) is 6.28. The van der Waals surface area contributed by atoms with Gasteiger partial charge in [-0.2, -0.15) is 0 Å². The number of aliphatic carboxylic acids is 1. The summed E-state index contributed by atoms with van der Waals surface area (Å²) >= 11 is 0. The molecule has 3 rings (SSSR count). The summed E-state index contributed by atoms with van der Waals surface area (Å²) in [6.45, 7) is 3.97.